The molecule has 0 saturated carbocycles. The smallest absolute Gasteiger partial charge is 0.0991 e. The van der Waals surface area contributed by atoms with Crippen LogP contribution >= 0.6 is 0 Å². The van der Waals surface area contributed by atoms with Crippen molar-refractivity contribution in [2.45, 2.75) is 0 Å². The van der Waals surface area contributed by atoms with Crippen molar-refractivity contribution in [3.8, 4) is 73.4 Å². The third kappa shape index (κ3) is 6.90. The summed E-state index contributed by atoms with van der Waals surface area (Å²) in [6.07, 6.45) is 5.57. The van der Waals surface area contributed by atoms with Crippen LogP contribution < -0.4 is 0 Å². The number of nitriles is 1. The average Bonchev–Trinajstić information content (AvgIpc) is 3.25. The maximum Gasteiger partial charge on any atom is 0.0991 e. The van der Waals surface area contributed by atoms with Crippen LogP contribution in [0.25, 0.3) is 83.9 Å². The molecule has 54 heavy (non-hydrogen) atoms. The summed E-state index contributed by atoms with van der Waals surface area (Å²) in [5, 5.41) is 9.67. The molecule has 2 aromatic heterocycles. The zero-order valence-electron chi connectivity index (χ0n) is 29.5. The van der Waals surface area contributed by atoms with Crippen LogP contribution in [0, 0.1) is 11.3 Å². The van der Waals surface area contributed by atoms with E-state index in [1.54, 1.807) is 12.1 Å². The third-order valence-electron chi connectivity index (χ3n) is 9.45. The lowest BCUT2D eigenvalue weighted by atomic mass is 9.95. The molecule has 0 saturated heterocycles. The van der Waals surface area contributed by atoms with Crippen LogP contribution in [0.1, 0.15) is 11.1 Å². The Morgan fingerprint density at radius 1 is 0.463 bits per heavy atom. The van der Waals surface area contributed by atoms with Gasteiger partial charge < -0.3 is 0 Å². The van der Waals surface area contributed by atoms with E-state index in [2.05, 4.69) is 128 Å². The van der Waals surface area contributed by atoms with E-state index < -0.39 is 0 Å². The number of hydrogen-bond donors (Lipinski definition) is 0. The van der Waals surface area contributed by atoms with E-state index in [1.165, 1.54) is 5.56 Å². The van der Waals surface area contributed by atoms with Gasteiger partial charge in [0.1, 0.15) is 0 Å². The second-order valence-corrected chi connectivity index (χ2v) is 12.9. The number of benzene rings is 6. The number of pyridine rings is 1. The molecular weight excluding hydrogens is 657 g/mol. The standard InChI is InChI=1S/C50H34N4/c1-3-12-35(4-2)37-21-25-39(26-22-37)47-31-44(32-48(52-47)40-27-23-38(24-28-40)36-14-6-5-7-15-36)41-16-11-18-43(30-41)50-49(42-17-10-13-34(29-42)33-51)53-45-19-8-9-20-46(45)54-50/h3-32H,1-2H2/b35-12+. The minimum Gasteiger partial charge on any atom is -0.248 e. The lowest BCUT2D eigenvalue weighted by Gasteiger charge is -2.14. The van der Waals surface area contributed by atoms with Crippen LogP contribution in [-0.2, 0) is 0 Å². The van der Waals surface area contributed by atoms with Crippen LogP contribution in [0.5, 0.6) is 0 Å². The quantitative estimate of drug-likeness (QED) is 0.141. The second-order valence-electron chi connectivity index (χ2n) is 12.9. The molecule has 0 fully saturated rings. The molecule has 0 N–H and O–H groups in total. The number of rotatable bonds is 9. The van der Waals surface area contributed by atoms with Crippen LogP contribution in [0.2, 0.25) is 0 Å². The van der Waals surface area contributed by atoms with Gasteiger partial charge in [0.25, 0.3) is 0 Å². The molecule has 0 spiro atoms. The number of fused-ring (bicyclic) bond motifs is 1. The van der Waals surface area contributed by atoms with Crippen molar-refractivity contribution < 1.29 is 0 Å². The predicted molar refractivity (Wildman–Crippen MR) is 223 cm³/mol. The molecule has 0 aliphatic heterocycles. The molecule has 0 radical (unpaired) electrons. The highest BCUT2D eigenvalue weighted by molar-refractivity contribution is 5.88. The lowest BCUT2D eigenvalue weighted by Crippen LogP contribution is -1.96. The van der Waals surface area contributed by atoms with Crippen molar-refractivity contribution in [3.05, 3.63) is 206 Å². The van der Waals surface area contributed by atoms with Gasteiger partial charge in [0.05, 0.1) is 45.4 Å². The fraction of sp³-hybridized carbons (Fsp3) is 0. The van der Waals surface area contributed by atoms with Crippen LogP contribution in [0.3, 0.4) is 0 Å². The van der Waals surface area contributed by atoms with Gasteiger partial charge in [0, 0.05) is 22.3 Å². The molecule has 254 valence electrons. The molecule has 0 atom stereocenters. The number of allylic oxidation sites excluding steroid dienone is 4. The Hall–Kier alpha value is -7.48. The topological polar surface area (TPSA) is 62.5 Å². The van der Waals surface area contributed by atoms with E-state index in [-0.39, 0.29) is 0 Å². The predicted octanol–water partition coefficient (Wildman–Crippen LogP) is 12.7. The molecule has 2 heterocycles. The minimum absolute atomic E-state index is 0.571. The minimum atomic E-state index is 0.571. The Labute approximate surface area is 315 Å². The number of nitrogens with zero attached hydrogens (tertiary/aromatic N) is 4. The maximum atomic E-state index is 9.67. The first kappa shape index (κ1) is 33.7. The Morgan fingerprint density at radius 2 is 0.981 bits per heavy atom. The van der Waals surface area contributed by atoms with E-state index >= 15 is 0 Å². The summed E-state index contributed by atoms with van der Waals surface area (Å²) < 4.78 is 0. The molecule has 0 aliphatic rings. The van der Waals surface area contributed by atoms with Gasteiger partial charge in [-0.15, -0.1) is 0 Å². The summed E-state index contributed by atoms with van der Waals surface area (Å²) in [6.45, 7) is 7.83. The molecule has 8 aromatic rings. The van der Waals surface area contributed by atoms with E-state index in [0.29, 0.717) is 5.56 Å². The molecule has 0 amide bonds. The van der Waals surface area contributed by atoms with Gasteiger partial charge in [-0.1, -0.05) is 153 Å². The summed E-state index contributed by atoms with van der Waals surface area (Å²) in [4.78, 5) is 15.4. The summed E-state index contributed by atoms with van der Waals surface area (Å²) in [5.74, 6) is 0. The van der Waals surface area contributed by atoms with Gasteiger partial charge >= 0.3 is 0 Å². The van der Waals surface area contributed by atoms with E-state index in [4.69, 9.17) is 15.0 Å². The monoisotopic (exact) mass is 690 g/mol. The van der Waals surface area contributed by atoms with Gasteiger partial charge in [-0.25, -0.2) is 15.0 Å². The van der Waals surface area contributed by atoms with Crippen molar-refractivity contribution in [2.24, 2.45) is 0 Å². The Kier molecular flexibility index (Phi) is 9.36. The summed E-state index contributed by atoms with van der Waals surface area (Å²) >= 11 is 0. The third-order valence-corrected chi connectivity index (χ3v) is 9.45. The van der Waals surface area contributed by atoms with E-state index in [0.717, 1.165) is 83.9 Å². The summed E-state index contributed by atoms with van der Waals surface area (Å²) in [5.41, 5.74) is 15.6. The molecule has 0 aliphatic carbocycles. The van der Waals surface area contributed by atoms with Gasteiger partial charge in [-0.05, 0) is 75.9 Å². The van der Waals surface area contributed by atoms with Crippen LogP contribution in [0.4, 0.5) is 0 Å². The number of para-hydroxylation sites is 2. The van der Waals surface area contributed by atoms with Gasteiger partial charge in [0.15, 0.2) is 0 Å². The van der Waals surface area contributed by atoms with Crippen molar-refractivity contribution in [2.75, 3.05) is 0 Å². The average molecular weight is 691 g/mol. The molecule has 4 nitrogen and oxygen atoms in total. The first-order valence-electron chi connectivity index (χ1n) is 17.7. The number of hydrogen-bond acceptors (Lipinski definition) is 4. The highest BCUT2D eigenvalue weighted by atomic mass is 14.8. The first-order chi connectivity index (χ1) is 26.6. The highest BCUT2D eigenvalue weighted by Crippen LogP contribution is 2.36. The van der Waals surface area contributed by atoms with Crippen molar-refractivity contribution in [3.63, 3.8) is 0 Å². The van der Waals surface area contributed by atoms with Crippen LogP contribution in [-0.4, -0.2) is 15.0 Å². The zero-order valence-corrected chi connectivity index (χ0v) is 29.5. The lowest BCUT2D eigenvalue weighted by molar-refractivity contribution is 1.29. The first-order valence-corrected chi connectivity index (χ1v) is 17.7. The largest absolute Gasteiger partial charge is 0.248 e. The van der Waals surface area contributed by atoms with Gasteiger partial charge in [0.2, 0.25) is 0 Å². The van der Waals surface area contributed by atoms with E-state index in [1.807, 2.05) is 60.7 Å². The Morgan fingerprint density at radius 3 is 1.59 bits per heavy atom. The molecule has 6 aromatic carbocycles. The van der Waals surface area contributed by atoms with E-state index in [9.17, 15) is 5.26 Å². The summed E-state index contributed by atoms with van der Waals surface area (Å²) in [6, 6.07) is 57.8. The van der Waals surface area contributed by atoms with Crippen molar-refractivity contribution in [1.29, 1.82) is 5.26 Å². The van der Waals surface area contributed by atoms with Crippen LogP contribution in [0.15, 0.2) is 195 Å². The molecular formula is C50H34N4. The zero-order chi connectivity index (χ0) is 36.9. The van der Waals surface area contributed by atoms with Gasteiger partial charge in [-0.3, -0.25) is 0 Å². The fourth-order valence-electron chi connectivity index (χ4n) is 6.68. The van der Waals surface area contributed by atoms with Crippen molar-refractivity contribution >= 4 is 16.6 Å². The second kappa shape index (κ2) is 15.0. The SMILES string of the molecule is C=C/C=C(\C=C)c1ccc(-c2cc(-c3cccc(-c4nc5ccccc5nc4-c4cccc(C#N)c4)c3)cc(-c3ccc(-c4ccccc4)cc3)n2)cc1. The summed E-state index contributed by atoms with van der Waals surface area (Å²) in [7, 11) is 0. The van der Waals surface area contributed by atoms with Crippen molar-refractivity contribution in [1.82, 2.24) is 15.0 Å². The Bertz CT molecular complexity index is 2740. The Balaban J connectivity index is 1.27. The highest BCUT2D eigenvalue weighted by Gasteiger charge is 2.16. The molecule has 4 heteroatoms. The maximum absolute atomic E-state index is 9.67. The fourth-order valence-corrected chi connectivity index (χ4v) is 6.68. The number of aromatic nitrogens is 3. The normalized spacial score (nSPS) is 11.2. The molecule has 0 bridgehead atoms. The van der Waals surface area contributed by atoms with Gasteiger partial charge in [-0.2, -0.15) is 5.26 Å². The molecule has 8 rings (SSSR count). The molecule has 0 unspecified atom stereocenters.